The van der Waals surface area contributed by atoms with Gasteiger partial charge in [-0.25, -0.2) is 4.68 Å². The van der Waals surface area contributed by atoms with Crippen LogP contribution in [-0.2, 0) is 27.5 Å². The molecule has 1 aromatic heterocycles. The van der Waals surface area contributed by atoms with Crippen LogP contribution in [0, 0.1) is 11.8 Å². The summed E-state index contributed by atoms with van der Waals surface area (Å²) in [5.74, 6) is -1.63. The lowest BCUT2D eigenvalue weighted by molar-refractivity contribution is -0.146. The highest BCUT2D eigenvalue weighted by molar-refractivity contribution is 8.02. The zero-order valence-electron chi connectivity index (χ0n) is 28.5. The molecule has 262 valence electrons. The summed E-state index contributed by atoms with van der Waals surface area (Å²) >= 11 is 1.53. The van der Waals surface area contributed by atoms with E-state index >= 15 is 9.59 Å². The number of ether oxygens (including phenoxy) is 1. The minimum atomic E-state index is -1.07. The molecule has 1 N–H and O–H groups in total. The molecule has 6 atom stereocenters. The van der Waals surface area contributed by atoms with Crippen LogP contribution in [0.4, 0.5) is 5.69 Å². The predicted octanol–water partition coefficient (Wildman–Crippen LogP) is 4.08. The largest absolute Gasteiger partial charge is 0.494 e. The fourth-order valence-corrected chi connectivity index (χ4v) is 10.6. The lowest BCUT2D eigenvalue weighted by Crippen LogP contribution is -2.57. The van der Waals surface area contributed by atoms with Gasteiger partial charge in [0.05, 0.1) is 41.4 Å². The fraction of sp³-hybridized carbons (Fsp3) is 0.359. The zero-order valence-corrected chi connectivity index (χ0v) is 29.4. The molecule has 3 aromatic carbocycles. The molecule has 11 nitrogen and oxygen atoms in total. The Morgan fingerprint density at radius 3 is 2.41 bits per heavy atom. The number of aliphatic hydroxyl groups excluding tert-OH is 1. The summed E-state index contributed by atoms with van der Waals surface area (Å²) in [6.45, 7) is 4.88. The Balaban J connectivity index is 1.21. The van der Waals surface area contributed by atoms with E-state index in [1.165, 1.54) is 11.8 Å². The van der Waals surface area contributed by atoms with Crippen LogP contribution in [0.15, 0.2) is 103 Å². The van der Waals surface area contributed by atoms with Crippen LogP contribution < -0.4 is 9.64 Å². The summed E-state index contributed by atoms with van der Waals surface area (Å²) in [5, 5.41) is 19.6. The average Bonchev–Trinajstić information content (AvgIpc) is 3.67. The van der Waals surface area contributed by atoms with Gasteiger partial charge in [-0.15, -0.1) is 16.9 Å². The number of thioether (sulfide) groups is 1. The van der Waals surface area contributed by atoms with E-state index in [1.54, 1.807) is 19.4 Å². The molecule has 5 heterocycles. The smallest absolute Gasteiger partial charge is 0.248 e. The number of nitrogens with zero attached hydrogens (tertiary/aromatic N) is 6. The number of aliphatic hydroxyl groups is 1. The van der Waals surface area contributed by atoms with Crippen LogP contribution in [0.2, 0.25) is 0 Å². The molecule has 1 unspecified atom stereocenters. The first-order valence-corrected chi connectivity index (χ1v) is 18.2. The standard InChI is InChI=1S/C39H40N6O5S/c1-3-50-29-17-15-27(16-18-29)43-22-9-19-38(2)32(35(43)47)33-36(48)45(28(24-46)23-26-11-5-4-6-12-26)34-37(49)42(21-10-20-39(33,34)51-38)25-44-31-14-8-7-13-30(31)40-41-44/h4-20,28,32-34,46H,3,21-25H2,1-2H3/t28-,32-,33+,34?,38+,39+/m1/s1. The van der Waals surface area contributed by atoms with E-state index in [2.05, 4.69) is 10.3 Å². The fourth-order valence-electron chi connectivity index (χ4n) is 8.47. The quantitative estimate of drug-likeness (QED) is 0.259. The molecular weight excluding hydrogens is 665 g/mol. The maximum absolute atomic E-state index is 15.2. The molecule has 51 heavy (non-hydrogen) atoms. The van der Waals surface area contributed by atoms with Gasteiger partial charge in [0, 0.05) is 23.5 Å². The van der Waals surface area contributed by atoms with Gasteiger partial charge in [-0.3, -0.25) is 14.4 Å². The van der Waals surface area contributed by atoms with Gasteiger partial charge < -0.3 is 24.5 Å². The molecule has 4 aliphatic rings. The Kier molecular flexibility index (Phi) is 8.46. The molecule has 4 aliphatic heterocycles. The Morgan fingerprint density at radius 1 is 0.902 bits per heavy atom. The summed E-state index contributed by atoms with van der Waals surface area (Å²) < 4.78 is 5.49. The van der Waals surface area contributed by atoms with E-state index in [0.29, 0.717) is 31.0 Å². The van der Waals surface area contributed by atoms with Gasteiger partial charge in [0.25, 0.3) is 0 Å². The van der Waals surface area contributed by atoms with Crippen LogP contribution in [0.5, 0.6) is 5.75 Å². The summed E-state index contributed by atoms with van der Waals surface area (Å²) in [5.41, 5.74) is 3.15. The molecule has 2 fully saturated rings. The number of benzene rings is 3. The van der Waals surface area contributed by atoms with E-state index < -0.39 is 33.4 Å². The van der Waals surface area contributed by atoms with Crippen LogP contribution in [0.3, 0.4) is 0 Å². The third-order valence-electron chi connectivity index (χ3n) is 10.7. The zero-order chi connectivity index (χ0) is 35.3. The second kappa shape index (κ2) is 13.0. The number of hydrogen-bond acceptors (Lipinski definition) is 8. The molecule has 12 heteroatoms. The third-order valence-corrected chi connectivity index (χ3v) is 12.5. The van der Waals surface area contributed by atoms with Crippen LogP contribution in [0.25, 0.3) is 11.0 Å². The van der Waals surface area contributed by atoms with Crippen molar-refractivity contribution in [2.75, 3.05) is 31.2 Å². The number of para-hydroxylation sites is 1. The minimum absolute atomic E-state index is 0.126. The molecule has 4 aromatic rings. The summed E-state index contributed by atoms with van der Waals surface area (Å²) in [6, 6.07) is 23.0. The van der Waals surface area contributed by atoms with Crippen LogP contribution in [-0.4, -0.2) is 95.5 Å². The summed E-state index contributed by atoms with van der Waals surface area (Å²) in [4.78, 5) is 50.2. The first-order valence-electron chi connectivity index (χ1n) is 17.4. The molecule has 0 aliphatic carbocycles. The second-order valence-corrected chi connectivity index (χ2v) is 15.5. The van der Waals surface area contributed by atoms with Gasteiger partial charge in [-0.1, -0.05) is 72.0 Å². The normalized spacial score (nSPS) is 27.7. The van der Waals surface area contributed by atoms with Crippen molar-refractivity contribution in [1.29, 1.82) is 0 Å². The number of likely N-dealkylation sites (tertiary alicyclic amines) is 1. The molecule has 3 amide bonds. The minimum Gasteiger partial charge on any atom is -0.494 e. The Labute approximate surface area is 300 Å². The van der Waals surface area contributed by atoms with E-state index in [1.807, 2.05) is 117 Å². The number of fused-ring (bicyclic) bond motifs is 3. The topological polar surface area (TPSA) is 121 Å². The number of hydrogen-bond donors (Lipinski definition) is 1. The lowest BCUT2D eigenvalue weighted by Gasteiger charge is -2.39. The van der Waals surface area contributed by atoms with Gasteiger partial charge in [0.2, 0.25) is 17.7 Å². The maximum atomic E-state index is 15.2. The van der Waals surface area contributed by atoms with Gasteiger partial charge in [-0.05, 0) is 62.2 Å². The van der Waals surface area contributed by atoms with E-state index in [9.17, 15) is 9.90 Å². The first-order chi connectivity index (χ1) is 24.8. The van der Waals surface area contributed by atoms with Crippen LogP contribution >= 0.6 is 11.8 Å². The second-order valence-electron chi connectivity index (χ2n) is 13.7. The van der Waals surface area contributed by atoms with Gasteiger partial charge in [-0.2, -0.15) is 0 Å². The van der Waals surface area contributed by atoms with Crippen molar-refractivity contribution < 1.29 is 24.2 Å². The van der Waals surface area contributed by atoms with E-state index in [-0.39, 0.29) is 37.5 Å². The number of carbonyl (C=O) groups excluding carboxylic acids is 3. The number of amides is 3. The predicted molar refractivity (Wildman–Crippen MR) is 195 cm³/mol. The highest BCUT2D eigenvalue weighted by Gasteiger charge is 2.74. The van der Waals surface area contributed by atoms with Crippen molar-refractivity contribution in [3.05, 3.63) is 109 Å². The summed E-state index contributed by atoms with van der Waals surface area (Å²) in [7, 11) is 0. The third kappa shape index (κ3) is 5.43. The van der Waals surface area contributed by atoms with Crippen molar-refractivity contribution in [3.8, 4) is 5.75 Å². The average molecular weight is 705 g/mol. The molecule has 1 spiro atoms. The SMILES string of the molecule is CCOc1ccc(N2CC=C[C@]3(C)S[C@]45C=CCN(Cn6nnc7ccccc76)C(=O)C4N([C@@H](CO)Cc4ccccc4)C(=O)[C@@H]5[C@@H]3C2=O)cc1. The molecular formula is C39H40N6O5S. The summed E-state index contributed by atoms with van der Waals surface area (Å²) in [6.07, 6.45) is 8.35. The van der Waals surface area contributed by atoms with E-state index in [0.717, 1.165) is 16.6 Å². The number of anilines is 1. The Morgan fingerprint density at radius 2 is 1.65 bits per heavy atom. The van der Waals surface area contributed by atoms with Crippen LogP contribution in [0.1, 0.15) is 19.4 Å². The monoisotopic (exact) mass is 704 g/mol. The molecule has 8 rings (SSSR count). The highest BCUT2D eigenvalue weighted by Crippen LogP contribution is 2.66. The first kappa shape index (κ1) is 33.2. The van der Waals surface area contributed by atoms with Crippen molar-refractivity contribution in [3.63, 3.8) is 0 Å². The molecule has 0 saturated carbocycles. The van der Waals surface area contributed by atoms with Crippen molar-refractivity contribution >= 4 is 46.2 Å². The number of carbonyl (C=O) groups is 3. The maximum Gasteiger partial charge on any atom is 0.248 e. The molecule has 0 radical (unpaired) electrons. The van der Waals surface area contributed by atoms with E-state index in [4.69, 9.17) is 4.74 Å². The van der Waals surface area contributed by atoms with Gasteiger partial charge in [0.1, 0.15) is 24.0 Å². The number of aromatic nitrogens is 3. The van der Waals surface area contributed by atoms with Crippen molar-refractivity contribution in [2.45, 2.75) is 48.5 Å². The van der Waals surface area contributed by atoms with Gasteiger partial charge in [0.15, 0.2) is 0 Å². The Bertz CT molecular complexity index is 2030. The Hall–Kier alpha value is -4.94. The van der Waals surface area contributed by atoms with Gasteiger partial charge >= 0.3 is 0 Å². The van der Waals surface area contributed by atoms with Crippen molar-refractivity contribution in [1.82, 2.24) is 24.8 Å². The number of rotatable bonds is 9. The lowest BCUT2D eigenvalue weighted by atomic mass is 9.74. The van der Waals surface area contributed by atoms with Crippen molar-refractivity contribution in [2.24, 2.45) is 11.8 Å². The highest BCUT2D eigenvalue weighted by atomic mass is 32.2. The molecule has 0 bridgehead atoms. The molecule has 2 saturated heterocycles.